The van der Waals surface area contributed by atoms with Crippen molar-refractivity contribution in [3.8, 4) is 11.5 Å². The zero-order valence-electron chi connectivity index (χ0n) is 37.8. The van der Waals surface area contributed by atoms with Gasteiger partial charge in [0.25, 0.3) is 11.8 Å². The number of benzene rings is 3. The number of hydrogen-bond acceptors (Lipinski definition) is 13. The number of aromatic nitrogens is 2. The van der Waals surface area contributed by atoms with Crippen molar-refractivity contribution in [1.29, 1.82) is 0 Å². The quantitative estimate of drug-likeness (QED) is 0.0511. The van der Waals surface area contributed by atoms with E-state index in [4.69, 9.17) is 15.2 Å². The Morgan fingerprint density at radius 3 is 2.39 bits per heavy atom. The summed E-state index contributed by atoms with van der Waals surface area (Å²) < 4.78 is 53.1. The number of aryl methyl sites for hydroxylation is 1. The number of hydrogen-bond donors (Lipinski definition) is 4. The van der Waals surface area contributed by atoms with Gasteiger partial charge >= 0.3 is 6.18 Å². The molecule has 19 heteroatoms. The van der Waals surface area contributed by atoms with Gasteiger partial charge in [0.15, 0.2) is 11.5 Å². The van der Waals surface area contributed by atoms with Gasteiger partial charge in [-0.1, -0.05) is 26.0 Å². The van der Waals surface area contributed by atoms with E-state index in [1.807, 2.05) is 4.90 Å². The summed E-state index contributed by atoms with van der Waals surface area (Å²) in [5, 5.41) is 8.99. The van der Waals surface area contributed by atoms with Gasteiger partial charge in [-0.25, -0.2) is 9.97 Å². The van der Waals surface area contributed by atoms with Crippen LogP contribution < -0.4 is 31.2 Å². The highest BCUT2D eigenvalue weighted by molar-refractivity contribution is 6.25. The maximum atomic E-state index is 13.6. The number of nitrogens with zero attached hydrogens (tertiary/aromatic N) is 5. The molecule has 3 aromatic carbocycles. The highest BCUT2D eigenvalue weighted by Gasteiger charge is 2.54. The molecule has 5 N–H and O–H groups in total. The van der Waals surface area contributed by atoms with Gasteiger partial charge in [-0.2, -0.15) is 13.2 Å². The minimum Gasteiger partial charge on any atom is -0.493 e. The molecule has 5 amide bonds. The summed E-state index contributed by atoms with van der Waals surface area (Å²) in [4.78, 5) is 78.2. The maximum absolute atomic E-state index is 13.6. The first-order valence-electron chi connectivity index (χ1n) is 22.3. The molecule has 4 heterocycles. The largest absolute Gasteiger partial charge is 0.493 e. The molecular formula is C48H54F3N9O7. The fraction of sp³-hybridized carbons (Fsp3) is 0.438. The minimum absolute atomic E-state index is 0.00174. The second-order valence-corrected chi connectivity index (χ2v) is 18.1. The van der Waals surface area contributed by atoms with Gasteiger partial charge in [0.05, 0.1) is 48.5 Å². The molecule has 1 spiro atoms. The van der Waals surface area contributed by atoms with Crippen molar-refractivity contribution < 1.29 is 46.6 Å². The zero-order valence-corrected chi connectivity index (χ0v) is 37.8. The van der Waals surface area contributed by atoms with E-state index in [2.05, 4.69) is 37.4 Å². The lowest BCUT2D eigenvalue weighted by molar-refractivity contribution is -0.137. The minimum atomic E-state index is -4.55. The van der Waals surface area contributed by atoms with Gasteiger partial charge in [-0.15, -0.1) is 0 Å². The van der Waals surface area contributed by atoms with E-state index in [9.17, 15) is 37.1 Å². The van der Waals surface area contributed by atoms with Gasteiger partial charge in [0.1, 0.15) is 17.7 Å². The number of alkyl halides is 3. The second kappa shape index (κ2) is 18.0. The number of halogens is 3. The van der Waals surface area contributed by atoms with E-state index in [1.165, 1.54) is 12.1 Å². The molecule has 3 fully saturated rings. The number of ether oxygens (including phenoxy) is 2. The molecule has 67 heavy (non-hydrogen) atoms. The molecule has 3 aliphatic heterocycles. The average Bonchev–Trinajstić information content (AvgIpc) is 4.04. The SMILES string of the molecule is C=C(N1CC2(CCN(C(=O)CNc3cccc4c3C(=O)N(C(CCC)C(=O)NC=O)C4=O)CC2)C1)C1(COc2cc3c(N[C@H](C)c4cc(N)cc(C(F)(F)F)c4)nc(C)nc3cc2OC)CC1. The molecule has 1 unspecified atom stereocenters. The standard InChI is InChI=1S/C48H54F3N9O7/c1-6-8-37(43(63)54-26-61)60-44(64)33-9-7-10-35(41(33)45(60)65)53-22-40(62)58-15-13-46(14-16-58)23-59(24-46)28(3)47(11-12-47)25-67-39-20-34-36(21-38(39)66-5)56-29(4)57-42(34)55-27(2)30-17-31(48(49,50)51)19-32(52)18-30/h7,9-10,17-21,26-27,37,53H,3,6,8,11-16,22-25,52H2,1-2,4-5H3,(H,54,61,63)(H,55,56,57)/t27-,37?/m1/s1. The molecule has 0 bridgehead atoms. The van der Waals surface area contributed by atoms with Crippen LogP contribution in [0, 0.1) is 17.8 Å². The second-order valence-electron chi connectivity index (χ2n) is 18.1. The number of carbonyl (C=O) groups excluding carboxylic acids is 5. The third-order valence-corrected chi connectivity index (χ3v) is 13.6. The molecule has 354 valence electrons. The molecule has 0 radical (unpaired) electrons. The molecule has 2 saturated heterocycles. The number of methoxy groups -OCH3 is 1. The van der Waals surface area contributed by atoms with E-state index < -0.39 is 41.5 Å². The lowest BCUT2D eigenvalue weighted by Crippen LogP contribution is -2.61. The number of nitrogens with one attached hydrogen (secondary N) is 3. The van der Waals surface area contributed by atoms with Gasteiger partial charge in [0, 0.05) is 65.5 Å². The van der Waals surface area contributed by atoms with Gasteiger partial charge in [-0.05, 0) is 87.9 Å². The highest BCUT2D eigenvalue weighted by Crippen LogP contribution is 2.56. The number of likely N-dealkylation sites (tertiary alicyclic amines) is 2. The number of nitrogen functional groups attached to an aromatic ring is 1. The van der Waals surface area contributed by atoms with Crippen LogP contribution in [0.3, 0.4) is 0 Å². The van der Waals surface area contributed by atoms with E-state index in [0.29, 0.717) is 71.4 Å². The summed E-state index contributed by atoms with van der Waals surface area (Å²) >= 11 is 0. The summed E-state index contributed by atoms with van der Waals surface area (Å²) in [6.07, 6.45) is -0.255. The fourth-order valence-corrected chi connectivity index (χ4v) is 9.55. The highest BCUT2D eigenvalue weighted by atomic mass is 19.4. The lowest BCUT2D eigenvalue weighted by Gasteiger charge is -2.56. The smallest absolute Gasteiger partial charge is 0.416 e. The van der Waals surface area contributed by atoms with Crippen molar-refractivity contribution in [3.05, 3.63) is 88.9 Å². The van der Waals surface area contributed by atoms with Crippen LogP contribution in [-0.4, -0.2) is 107 Å². The number of rotatable bonds is 17. The molecule has 8 rings (SSSR count). The van der Waals surface area contributed by atoms with Crippen LogP contribution in [0.5, 0.6) is 11.5 Å². The predicted octanol–water partition coefficient (Wildman–Crippen LogP) is 6.47. The Morgan fingerprint density at radius 1 is 1.00 bits per heavy atom. The average molecular weight is 926 g/mol. The van der Waals surface area contributed by atoms with E-state index in [-0.39, 0.29) is 52.9 Å². The van der Waals surface area contributed by atoms with Gasteiger partial charge < -0.3 is 35.6 Å². The summed E-state index contributed by atoms with van der Waals surface area (Å²) in [6.45, 7) is 12.8. The topological polar surface area (TPSA) is 201 Å². The van der Waals surface area contributed by atoms with Gasteiger partial charge in [-0.3, -0.25) is 34.2 Å². The van der Waals surface area contributed by atoms with Crippen LogP contribution in [0.2, 0.25) is 0 Å². The van der Waals surface area contributed by atoms with E-state index >= 15 is 0 Å². The number of amides is 5. The summed E-state index contributed by atoms with van der Waals surface area (Å²) in [7, 11) is 1.54. The van der Waals surface area contributed by atoms with Crippen molar-refractivity contribution in [2.45, 2.75) is 77.6 Å². The molecular weight excluding hydrogens is 872 g/mol. The Labute approximate surface area is 385 Å². The monoisotopic (exact) mass is 925 g/mol. The van der Waals surface area contributed by atoms with E-state index in [1.54, 1.807) is 52.1 Å². The summed E-state index contributed by atoms with van der Waals surface area (Å²) in [6, 6.07) is 10.0. The molecule has 4 aliphatic rings. The Bertz CT molecular complexity index is 2660. The molecule has 16 nitrogen and oxygen atoms in total. The van der Waals surface area contributed by atoms with E-state index in [0.717, 1.165) is 61.5 Å². The number of carbonyl (C=O) groups is 5. The number of anilines is 3. The number of fused-ring (bicyclic) bond motifs is 2. The molecule has 1 aromatic heterocycles. The Morgan fingerprint density at radius 2 is 1.73 bits per heavy atom. The van der Waals surface area contributed by atoms with Crippen LogP contribution in [-0.2, 0) is 20.6 Å². The fourth-order valence-electron chi connectivity index (χ4n) is 9.55. The van der Waals surface area contributed by atoms with Crippen LogP contribution >= 0.6 is 0 Å². The van der Waals surface area contributed by atoms with Crippen LogP contribution in [0.1, 0.15) is 96.1 Å². The van der Waals surface area contributed by atoms with Crippen LogP contribution in [0.4, 0.5) is 30.4 Å². The first-order chi connectivity index (χ1) is 31.9. The normalized spacial score (nSPS) is 17.9. The third kappa shape index (κ3) is 9.15. The number of piperidine rings is 1. The summed E-state index contributed by atoms with van der Waals surface area (Å²) in [5.41, 5.74) is 7.24. The predicted molar refractivity (Wildman–Crippen MR) is 243 cm³/mol. The third-order valence-electron chi connectivity index (χ3n) is 13.6. The molecule has 1 aliphatic carbocycles. The first kappa shape index (κ1) is 46.6. The Balaban J connectivity index is 0.861. The Hall–Kier alpha value is -6.92. The summed E-state index contributed by atoms with van der Waals surface area (Å²) in [5.74, 6) is -0.370. The number of imide groups is 2. The lowest BCUT2D eigenvalue weighted by atomic mass is 9.71. The van der Waals surface area contributed by atoms with Crippen LogP contribution in [0.25, 0.3) is 10.9 Å². The van der Waals surface area contributed by atoms with Crippen LogP contribution in [0.15, 0.2) is 60.8 Å². The van der Waals surface area contributed by atoms with Gasteiger partial charge in [0.2, 0.25) is 18.2 Å². The van der Waals surface area contributed by atoms with Crippen molar-refractivity contribution >= 4 is 58.1 Å². The molecule has 2 atom stereocenters. The van der Waals surface area contributed by atoms with Crippen molar-refractivity contribution in [2.75, 3.05) is 62.8 Å². The van der Waals surface area contributed by atoms with Crippen molar-refractivity contribution in [3.63, 3.8) is 0 Å². The molecule has 4 aromatic rings. The molecule has 1 saturated carbocycles. The number of nitrogens with two attached hydrogens (primary N) is 1. The van der Waals surface area contributed by atoms with Crippen molar-refractivity contribution in [2.24, 2.45) is 10.8 Å². The first-order valence-corrected chi connectivity index (χ1v) is 22.3. The van der Waals surface area contributed by atoms with Crippen molar-refractivity contribution in [1.82, 2.24) is 30.0 Å². The maximum Gasteiger partial charge on any atom is 0.416 e. The Kier molecular flexibility index (Phi) is 12.6. The zero-order chi connectivity index (χ0) is 48.0.